The van der Waals surface area contributed by atoms with Gasteiger partial charge >= 0.3 is 0 Å². The van der Waals surface area contributed by atoms with Gasteiger partial charge in [-0.2, -0.15) is 4.31 Å². The van der Waals surface area contributed by atoms with Crippen molar-refractivity contribution in [1.29, 1.82) is 0 Å². The van der Waals surface area contributed by atoms with Crippen molar-refractivity contribution in [3.63, 3.8) is 0 Å². The zero-order valence-electron chi connectivity index (χ0n) is 15.6. The Hall–Kier alpha value is -1.64. The molecule has 0 radical (unpaired) electrons. The van der Waals surface area contributed by atoms with Crippen LogP contribution < -0.4 is 15.8 Å². The molecule has 0 bridgehead atoms. The van der Waals surface area contributed by atoms with Crippen LogP contribution in [0.5, 0.6) is 5.75 Å². The molecule has 1 rings (SSSR count). The molecular weight excluding hydrogens is 342 g/mol. The van der Waals surface area contributed by atoms with E-state index in [1.54, 1.807) is 33.8 Å². The number of anilines is 1. The van der Waals surface area contributed by atoms with Crippen LogP contribution in [0.25, 0.3) is 0 Å². The zero-order chi connectivity index (χ0) is 19.2. The van der Waals surface area contributed by atoms with E-state index in [0.29, 0.717) is 31.1 Å². The number of hydrogen-bond acceptors (Lipinski definition) is 5. The highest BCUT2D eigenvalue weighted by Crippen LogP contribution is 2.29. The molecular formula is C17H29N3O4S. The van der Waals surface area contributed by atoms with Gasteiger partial charge in [0.1, 0.15) is 5.75 Å². The van der Waals surface area contributed by atoms with Gasteiger partial charge in [-0.3, -0.25) is 4.79 Å². The Kier molecular flexibility index (Phi) is 7.85. The number of amides is 1. The highest BCUT2D eigenvalue weighted by Gasteiger charge is 2.24. The van der Waals surface area contributed by atoms with Gasteiger partial charge in [-0.05, 0) is 32.0 Å². The Labute approximate surface area is 150 Å². The topological polar surface area (TPSA) is 102 Å². The summed E-state index contributed by atoms with van der Waals surface area (Å²) >= 11 is 0. The number of nitrogens with two attached hydrogens (primary N) is 1. The summed E-state index contributed by atoms with van der Waals surface area (Å²) < 4.78 is 32.3. The van der Waals surface area contributed by atoms with Crippen molar-refractivity contribution < 1.29 is 17.9 Å². The van der Waals surface area contributed by atoms with Gasteiger partial charge in [0.25, 0.3) is 0 Å². The average molecular weight is 372 g/mol. The second-order valence-corrected chi connectivity index (χ2v) is 7.76. The molecule has 0 spiro atoms. The van der Waals surface area contributed by atoms with Crippen LogP contribution in [0.3, 0.4) is 0 Å². The van der Waals surface area contributed by atoms with Crippen LogP contribution in [-0.2, 0) is 14.8 Å². The molecule has 3 N–H and O–H groups in total. The molecule has 2 atom stereocenters. The lowest BCUT2D eigenvalue weighted by Gasteiger charge is -2.21. The summed E-state index contributed by atoms with van der Waals surface area (Å²) in [5.74, 6) is -0.280. The molecule has 0 fully saturated rings. The third-order valence-electron chi connectivity index (χ3n) is 4.05. The normalized spacial score (nSPS) is 14.2. The predicted molar refractivity (Wildman–Crippen MR) is 99.2 cm³/mol. The van der Waals surface area contributed by atoms with E-state index >= 15 is 0 Å². The maximum atomic E-state index is 12.7. The summed E-state index contributed by atoms with van der Waals surface area (Å²) in [6.07, 6.45) is 0. The third kappa shape index (κ3) is 5.17. The Bertz CT molecular complexity index is 685. The number of nitrogens with zero attached hydrogens (tertiary/aromatic N) is 1. The van der Waals surface area contributed by atoms with Crippen LogP contribution in [0.2, 0.25) is 0 Å². The summed E-state index contributed by atoms with van der Waals surface area (Å²) in [5, 5.41) is 2.74. The van der Waals surface area contributed by atoms with Crippen molar-refractivity contribution in [2.24, 2.45) is 11.7 Å². The maximum Gasteiger partial charge on any atom is 0.243 e. The quantitative estimate of drug-likeness (QED) is 0.692. The molecule has 0 saturated heterocycles. The number of rotatable bonds is 9. The standard InChI is InChI=1S/C17H29N3O4S/c1-6-20(7-2)25(22,23)14-9-10-16(24-8-3)15(11-14)19-17(21)12(4)13(5)18/h9-13H,6-8,18H2,1-5H3,(H,19,21). The molecule has 0 aliphatic carbocycles. The Morgan fingerprint density at radius 2 is 1.84 bits per heavy atom. The Balaban J connectivity index is 3.28. The number of nitrogens with one attached hydrogen (secondary N) is 1. The van der Waals surface area contributed by atoms with E-state index in [9.17, 15) is 13.2 Å². The fraction of sp³-hybridized carbons (Fsp3) is 0.588. The van der Waals surface area contributed by atoms with Crippen molar-refractivity contribution >= 4 is 21.6 Å². The molecule has 0 heterocycles. The highest BCUT2D eigenvalue weighted by atomic mass is 32.2. The summed E-state index contributed by atoms with van der Waals surface area (Å²) in [5.41, 5.74) is 6.09. The third-order valence-corrected chi connectivity index (χ3v) is 6.10. The van der Waals surface area contributed by atoms with E-state index in [0.717, 1.165) is 0 Å². The largest absolute Gasteiger partial charge is 0.492 e. The number of benzene rings is 1. The van der Waals surface area contributed by atoms with Crippen LogP contribution in [-0.4, -0.2) is 44.4 Å². The van der Waals surface area contributed by atoms with Gasteiger partial charge in [0.05, 0.1) is 23.1 Å². The molecule has 25 heavy (non-hydrogen) atoms. The lowest BCUT2D eigenvalue weighted by atomic mass is 10.0. The molecule has 8 heteroatoms. The van der Waals surface area contributed by atoms with Gasteiger partial charge in [-0.1, -0.05) is 20.8 Å². The second-order valence-electron chi connectivity index (χ2n) is 5.82. The number of sulfonamides is 1. The van der Waals surface area contributed by atoms with Crippen molar-refractivity contribution in [2.45, 2.75) is 45.6 Å². The maximum absolute atomic E-state index is 12.7. The van der Waals surface area contributed by atoms with Gasteiger partial charge in [0.2, 0.25) is 15.9 Å². The minimum absolute atomic E-state index is 0.114. The zero-order valence-corrected chi connectivity index (χ0v) is 16.4. The SMILES string of the molecule is CCOc1ccc(S(=O)(=O)N(CC)CC)cc1NC(=O)C(C)C(C)N. The minimum Gasteiger partial charge on any atom is -0.492 e. The van der Waals surface area contributed by atoms with E-state index in [1.165, 1.54) is 16.4 Å². The molecule has 7 nitrogen and oxygen atoms in total. The molecule has 1 aromatic rings. The van der Waals surface area contributed by atoms with Gasteiger partial charge in [-0.25, -0.2) is 8.42 Å². The monoisotopic (exact) mass is 371 g/mol. The molecule has 2 unspecified atom stereocenters. The Morgan fingerprint density at radius 3 is 2.32 bits per heavy atom. The summed E-state index contributed by atoms with van der Waals surface area (Å²) in [7, 11) is -3.63. The molecule has 1 amide bonds. The van der Waals surface area contributed by atoms with E-state index < -0.39 is 15.9 Å². The first-order valence-corrected chi connectivity index (χ1v) is 9.96. The van der Waals surface area contributed by atoms with Crippen molar-refractivity contribution in [2.75, 3.05) is 25.0 Å². The first-order valence-electron chi connectivity index (χ1n) is 8.52. The molecule has 0 aliphatic rings. The fourth-order valence-electron chi connectivity index (χ4n) is 2.25. The number of carbonyl (C=O) groups is 1. The lowest BCUT2D eigenvalue weighted by molar-refractivity contribution is -0.119. The average Bonchev–Trinajstić information content (AvgIpc) is 2.56. The van der Waals surface area contributed by atoms with E-state index in [4.69, 9.17) is 10.5 Å². The van der Waals surface area contributed by atoms with Crippen LogP contribution in [0.15, 0.2) is 23.1 Å². The minimum atomic E-state index is -3.63. The molecule has 0 aromatic heterocycles. The predicted octanol–water partition coefficient (Wildman–Crippen LogP) is 2.04. The van der Waals surface area contributed by atoms with Crippen LogP contribution >= 0.6 is 0 Å². The van der Waals surface area contributed by atoms with Gasteiger partial charge in [-0.15, -0.1) is 0 Å². The van der Waals surface area contributed by atoms with Crippen molar-refractivity contribution in [3.05, 3.63) is 18.2 Å². The van der Waals surface area contributed by atoms with Gasteiger partial charge < -0.3 is 15.8 Å². The Morgan fingerprint density at radius 1 is 1.24 bits per heavy atom. The summed E-state index contributed by atoms with van der Waals surface area (Å²) in [6, 6.07) is 4.16. The van der Waals surface area contributed by atoms with Crippen molar-refractivity contribution in [3.8, 4) is 5.75 Å². The van der Waals surface area contributed by atoms with E-state index in [2.05, 4.69) is 5.32 Å². The number of carbonyl (C=O) groups excluding carboxylic acids is 1. The molecule has 1 aromatic carbocycles. The van der Waals surface area contributed by atoms with Crippen molar-refractivity contribution in [1.82, 2.24) is 4.31 Å². The highest BCUT2D eigenvalue weighted by molar-refractivity contribution is 7.89. The van der Waals surface area contributed by atoms with Gasteiger partial charge in [0, 0.05) is 19.1 Å². The molecule has 0 aliphatic heterocycles. The van der Waals surface area contributed by atoms with Crippen LogP contribution in [0, 0.1) is 5.92 Å². The summed E-state index contributed by atoms with van der Waals surface area (Å²) in [6.45, 7) is 9.98. The number of hydrogen-bond donors (Lipinski definition) is 2. The first kappa shape index (κ1) is 21.4. The summed E-state index contributed by atoms with van der Waals surface area (Å²) in [4.78, 5) is 12.4. The van der Waals surface area contributed by atoms with E-state index in [1.807, 2.05) is 6.92 Å². The van der Waals surface area contributed by atoms with Crippen LogP contribution in [0.4, 0.5) is 5.69 Å². The fourth-order valence-corrected chi connectivity index (χ4v) is 3.73. The van der Waals surface area contributed by atoms with Crippen LogP contribution in [0.1, 0.15) is 34.6 Å². The first-order chi connectivity index (χ1) is 11.7. The molecule has 0 saturated carbocycles. The molecule has 142 valence electrons. The number of ether oxygens (including phenoxy) is 1. The second kappa shape index (κ2) is 9.17. The lowest BCUT2D eigenvalue weighted by Crippen LogP contribution is -2.34. The van der Waals surface area contributed by atoms with Gasteiger partial charge in [0.15, 0.2) is 0 Å². The van der Waals surface area contributed by atoms with E-state index in [-0.39, 0.29) is 16.8 Å². The smallest absolute Gasteiger partial charge is 0.243 e.